The van der Waals surface area contributed by atoms with Gasteiger partial charge in [-0.2, -0.15) is 4.31 Å². The average molecular weight is 464 g/mol. The molecule has 31 heavy (non-hydrogen) atoms. The molecule has 0 fully saturated rings. The lowest BCUT2D eigenvalue weighted by atomic mass is 10.2. The van der Waals surface area contributed by atoms with E-state index in [1.54, 1.807) is 18.2 Å². The van der Waals surface area contributed by atoms with Crippen molar-refractivity contribution in [1.29, 1.82) is 0 Å². The fourth-order valence-electron chi connectivity index (χ4n) is 3.28. The Labute approximate surface area is 188 Å². The van der Waals surface area contributed by atoms with Crippen molar-refractivity contribution in [3.63, 3.8) is 0 Å². The van der Waals surface area contributed by atoms with Gasteiger partial charge < -0.3 is 4.52 Å². The van der Waals surface area contributed by atoms with Crippen molar-refractivity contribution in [2.24, 2.45) is 0 Å². The molecule has 2 heterocycles. The summed E-state index contributed by atoms with van der Waals surface area (Å²) in [5.41, 5.74) is 1.56. The summed E-state index contributed by atoms with van der Waals surface area (Å²) in [7, 11) is -3.56. The van der Waals surface area contributed by atoms with Crippen molar-refractivity contribution in [3.8, 4) is 11.4 Å². The van der Waals surface area contributed by atoms with Gasteiger partial charge in [0.15, 0.2) is 11.0 Å². The maximum absolute atomic E-state index is 13.0. The molecule has 0 spiro atoms. The van der Waals surface area contributed by atoms with E-state index in [9.17, 15) is 8.42 Å². The molecule has 168 valence electrons. The van der Waals surface area contributed by atoms with Gasteiger partial charge in [-0.3, -0.25) is 4.57 Å². The minimum atomic E-state index is -3.56. The van der Waals surface area contributed by atoms with Crippen molar-refractivity contribution in [1.82, 2.24) is 24.2 Å². The Bertz CT molecular complexity index is 1120. The number of benzene rings is 1. The Morgan fingerprint density at radius 1 is 1.16 bits per heavy atom. The van der Waals surface area contributed by atoms with E-state index in [1.807, 2.05) is 32.9 Å². The Morgan fingerprint density at radius 2 is 1.90 bits per heavy atom. The van der Waals surface area contributed by atoms with Crippen molar-refractivity contribution >= 4 is 21.8 Å². The van der Waals surface area contributed by atoms with Gasteiger partial charge in [-0.05, 0) is 32.4 Å². The Hall–Kier alpha value is -2.17. The van der Waals surface area contributed by atoms with Gasteiger partial charge in [0.25, 0.3) is 0 Å². The molecular formula is C21H29N5O3S2. The van der Waals surface area contributed by atoms with E-state index < -0.39 is 10.0 Å². The van der Waals surface area contributed by atoms with Gasteiger partial charge in [0.2, 0.25) is 10.0 Å². The van der Waals surface area contributed by atoms with Gasteiger partial charge in [0, 0.05) is 30.8 Å². The minimum absolute atomic E-state index is 0.145. The van der Waals surface area contributed by atoms with Crippen LogP contribution in [0.4, 0.5) is 0 Å². The van der Waals surface area contributed by atoms with Crippen molar-refractivity contribution in [2.45, 2.75) is 62.9 Å². The van der Waals surface area contributed by atoms with Gasteiger partial charge >= 0.3 is 0 Å². The molecule has 0 saturated carbocycles. The van der Waals surface area contributed by atoms with Crippen LogP contribution in [0.1, 0.15) is 51.6 Å². The van der Waals surface area contributed by atoms with Gasteiger partial charge in [-0.15, -0.1) is 10.2 Å². The van der Waals surface area contributed by atoms with E-state index in [0.29, 0.717) is 24.7 Å². The summed E-state index contributed by atoms with van der Waals surface area (Å²) >= 11 is 1.52. The molecule has 0 N–H and O–H groups in total. The SMILES string of the molecule is CCC(C)n1c(SCc2cc(C)no2)nnc1-c1cccc(S(=O)(=O)N(CC)CC)c1. The summed E-state index contributed by atoms with van der Waals surface area (Å²) in [6, 6.07) is 8.99. The first-order valence-corrected chi connectivity index (χ1v) is 12.8. The number of hydrogen-bond donors (Lipinski definition) is 0. The van der Waals surface area contributed by atoms with Crippen LogP contribution in [-0.2, 0) is 15.8 Å². The molecule has 0 bridgehead atoms. The third-order valence-electron chi connectivity index (χ3n) is 5.15. The molecule has 1 aromatic carbocycles. The zero-order valence-corrected chi connectivity index (χ0v) is 20.2. The van der Waals surface area contributed by atoms with Crippen LogP contribution < -0.4 is 0 Å². The summed E-state index contributed by atoms with van der Waals surface area (Å²) < 4.78 is 34.8. The molecule has 0 aliphatic rings. The lowest BCUT2D eigenvalue weighted by Gasteiger charge is -2.19. The Kier molecular flexibility index (Phi) is 7.55. The van der Waals surface area contributed by atoms with E-state index in [0.717, 1.165) is 28.6 Å². The average Bonchev–Trinajstić information content (AvgIpc) is 3.38. The predicted octanol–water partition coefficient (Wildman–Crippen LogP) is 4.54. The maximum Gasteiger partial charge on any atom is 0.243 e. The molecule has 2 aromatic heterocycles. The summed E-state index contributed by atoms with van der Waals surface area (Å²) in [4.78, 5) is 0.263. The molecule has 1 atom stereocenters. The molecule has 1 unspecified atom stereocenters. The van der Waals surface area contributed by atoms with E-state index in [4.69, 9.17) is 4.52 Å². The first-order chi connectivity index (χ1) is 14.8. The summed E-state index contributed by atoms with van der Waals surface area (Å²) in [6.45, 7) is 10.6. The summed E-state index contributed by atoms with van der Waals surface area (Å²) in [5.74, 6) is 2.02. The first-order valence-electron chi connectivity index (χ1n) is 10.4. The van der Waals surface area contributed by atoms with E-state index in [2.05, 4.69) is 33.8 Å². The van der Waals surface area contributed by atoms with Crippen LogP contribution in [0.15, 0.2) is 44.9 Å². The van der Waals surface area contributed by atoms with Crippen LogP contribution in [0.3, 0.4) is 0 Å². The van der Waals surface area contributed by atoms with Gasteiger partial charge in [0.05, 0.1) is 16.3 Å². The third kappa shape index (κ3) is 5.02. The van der Waals surface area contributed by atoms with Crippen molar-refractivity contribution in [2.75, 3.05) is 13.1 Å². The van der Waals surface area contributed by atoms with Crippen LogP contribution >= 0.6 is 11.8 Å². The molecule has 0 aliphatic carbocycles. The lowest BCUT2D eigenvalue weighted by molar-refractivity contribution is 0.390. The predicted molar refractivity (Wildman–Crippen MR) is 121 cm³/mol. The smallest absolute Gasteiger partial charge is 0.243 e. The number of aryl methyl sites for hydroxylation is 1. The number of hydrogen-bond acceptors (Lipinski definition) is 7. The monoisotopic (exact) mass is 463 g/mol. The van der Waals surface area contributed by atoms with E-state index in [1.165, 1.54) is 16.1 Å². The van der Waals surface area contributed by atoms with Crippen LogP contribution in [0, 0.1) is 6.92 Å². The zero-order chi connectivity index (χ0) is 22.6. The van der Waals surface area contributed by atoms with E-state index in [-0.39, 0.29) is 10.9 Å². The van der Waals surface area contributed by atoms with Crippen LogP contribution in [-0.4, -0.2) is 45.7 Å². The fourth-order valence-corrected chi connectivity index (χ4v) is 5.70. The molecule has 3 aromatic rings. The first kappa shape index (κ1) is 23.5. The van der Waals surface area contributed by atoms with Gasteiger partial charge in [0.1, 0.15) is 5.76 Å². The van der Waals surface area contributed by atoms with Gasteiger partial charge in [-0.1, -0.05) is 49.8 Å². The third-order valence-corrected chi connectivity index (χ3v) is 8.16. The topological polar surface area (TPSA) is 94.1 Å². The molecule has 8 nitrogen and oxygen atoms in total. The number of nitrogens with zero attached hydrogens (tertiary/aromatic N) is 5. The standard InChI is InChI=1S/C21H29N5O3S2/c1-6-16(5)26-20(22-23-21(26)30-14-18-12-15(4)24-29-18)17-10-9-11-19(13-17)31(27,28)25(7-2)8-3/h9-13,16H,6-8,14H2,1-5H3. The van der Waals surface area contributed by atoms with Crippen LogP contribution in [0.5, 0.6) is 0 Å². The second kappa shape index (κ2) is 9.97. The van der Waals surface area contributed by atoms with E-state index >= 15 is 0 Å². The van der Waals surface area contributed by atoms with Crippen molar-refractivity contribution < 1.29 is 12.9 Å². The second-order valence-electron chi connectivity index (χ2n) is 7.27. The highest BCUT2D eigenvalue weighted by atomic mass is 32.2. The highest BCUT2D eigenvalue weighted by molar-refractivity contribution is 7.98. The molecule has 0 radical (unpaired) electrons. The Balaban J connectivity index is 1.98. The quantitative estimate of drug-likeness (QED) is 0.408. The van der Waals surface area contributed by atoms with Crippen LogP contribution in [0.25, 0.3) is 11.4 Å². The molecule has 0 amide bonds. The second-order valence-corrected chi connectivity index (χ2v) is 10.2. The summed E-state index contributed by atoms with van der Waals surface area (Å²) in [5, 5.41) is 13.5. The highest BCUT2D eigenvalue weighted by Gasteiger charge is 2.24. The number of thioether (sulfide) groups is 1. The van der Waals surface area contributed by atoms with Crippen molar-refractivity contribution in [3.05, 3.63) is 41.8 Å². The molecule has 10 heteroatoms. The fraction of sp³-hybridized carbons (Fsp3) is 0.476. The zero-order valence-electron chi connectivity index (χ0n) is 18.6. The highest BCUT2D eigenvalue weighted by Crippen LogP contribution is 2.32. The Morgan fingerprint density at radius 3 is 2.52 bits per heavy atom. The molecule has 3 rings (SSSR count). The molecule has 0 aliphatic heterocycles. The minimum Gasteiger partial charge on any atom is -0.360 e. The van der Waals surface area contributed by atoms with Gasteiger partial charge in [-0.25, -0.2) is 8.42 Å². The summed E-state index contributed by atoms with van der Waals surface area (Å²) in [6.07, 6.45) is 0.886. The molecule has 0 saturated heterocycles. The lowest BCUT2D eigenvalue weighted by Crippen LogP contribution is -2.30. The largest absolute Gasteiger partial charge is 0.360 e. The van der Waals surface area contributed by atoms with Crippen LogP contribution in [0.2, 0.25) is 0 Å². The number of rotatable bonds is 10. The number of aromatic nitrogens is 4. The molecular weight excluding hydrogens is 434 g/mol. The number of sulfonamides is 1. The normalized spacial score (nSPS) is 13.1. The maximum atomic E-state index is 13.0.